The first-order valence-corrected chi connectivity index (χ1v) is 10.6. The number of para-hydroxylation sites is 2. The van der Waals surface area contributed by atoms with Crippen molar-refractivity contribution in [3.05, 3.63) is 30.2 Å². The van der Waals surface area contributed by atoms with Gasteiger partial charge in [0.15, 0.2) is 11.5 Å². The highest BCUT2D eigenvalue weighted by molar-refractivity contribution is 7.99. The molecule has 0 unspecified atom stereocenters. The van der Waals surface area contributed by atoms with E-state index >= 15 is 0 Å². The smallest absolute Gasteiger partial charge is 0.283 e. The molecule has 2 aliphatic rings. The fourth-order valence-corrected chi connectivity index (χ4v) is 3.89. The molecule has 0 radical (unpaired) electrons. The van der Waals surface area contributed by atoms with Gasteiger partial charge >= 0.3 is 0 Å². The summed E-state index contributed by atoms with van der Waals surface area (Å²) in [5, 5.41) is 8.45. The van der Waals surface area contributed by atoms with Crippen molar-refractivity contribution in [3.63, 3.8) is 0 Å². The van der Waals surface area contributed by atoms with E-state index in [-0.39, 0.29) is 12.4 Å². The van der Waals surface area contributed by atoms with Crippen molar-refractivity contribution in [2.75, 3.05) is 12.4 Å². The second-order valence-corrected chi connectivity index (χ2v) is 7.86. The minimum atomic E-state index is -0.841. The molecule has 10 heteroatoms. The predicted molar refractivity (Wildman–Crippen MR) is 103 cm³/mol. The molecule has 1 aliphatic heterocycles. The first kappa shape index (κ1) is 19.6. The maximum Gasteiger partial charge on any atom is 0.283 e. The monoisotopic (exact) mass is 418 g/mol. The number of hydrazine groups is 1. The Kier molecular flexibility index (Phi) is 6.18. The highest BCUT2D eigenvalue weighted by Crippen LogP contribution is 2.33. The minimum absolute atomic E-state index is 0.0391. The van der Waals surface area contributed by atoms with Gasteiger partial charge in [-0.1, -0.05) is 43.2 Å². The summed E-state index contributed by atoms with van der Waals surface area (Å²) in [7, 11) is 0. The average molecular weight is 418 g/mol. The lowest BCUT2D eigenvalue weighted by Gasteiger charge is -2.25. The Morgan fingerprint density at radius 1 is 1.07 bits per heavy atom. The van der Waals surface area contributed by atoms with E-state index in [0.29, 0.717) is 28.5 Å². The van der Waals surface area contributed by atoms with Gasteiger partial charge in [0.25, 0.3) is 11.1 Å². The molecule has 2 heterocycles. The van der Waals surface area contributed by atoms with Crippen LogP contribution in [0.3, 0.4) is 0 Å². The number of amides is 2. The summed E-state index contributed by atoms with van der Waals surface area (Å²) in [5.74, 6) is 1.21. The van der Waals surface area contributed by atoms with Crippen LogP contribution in [0.1, 0.15) is 43.9 Å². The molecule has 2 N–H and O–H groups in total. The molecule has 1 aliphatic carbocycles. The summed E-state index contributed by atoms with van der Waals surface area (Å²) in [5.41, 5.74) is 4.71. The van der Waals surface area contributed by atoms with E-state index in [9.17, 15) is 9.59 Å². The largest absolute Gasteiger partial charge is 0.485 e. The standard InChI is InChI=1S/C19H22N4O5S/c24-16(11-29-19-23-22-18(28-19)12-6-2-1-3-7-12)20-21-17(25)15-10-26-13-8-4-5-9-14(13)27-15/h4-5,8-9,12,15H,1-3,6-7,10-11H2,(H,20,24)(H,21,25)/t15-/m1/s1. The van der Waals surface area contributed by atoms with E-state index in [2.05, 4.69) is 21.0 Å². The Hall–Kier alpha value is -2.75. The molecule has 9 nitrogen and oxygen atoms in total. The lowest BCUT2D eigenvalue weighted by molar-refractivity contribution is -0.134. The normalized spacial score (nSPS) is 18.8. The maximum absolute atomic E-state index is 12.2. The lowest BCUT2D eigenvalue weighted by atomic mass is 9.89. The SMILES string of the molecule is O=C(CSc1nnc(C2CCCCC2)o1)NNC(=O)[C@H]1COc2ccccc2O1. The quantitative estimate of drug-likeness (QED) is 0.561. The van der Waals surface area contributed by atoms with Crippen LogP contribution in [0.5, 0.6) is 11.5 Å². The summed E-state index contributed by atoms with van der Waals surface area (Å²) >= 11 is 1.13. The molecule has 0 saturated heterocycles. The van der Waals surface area contributed by atoms with Gasteiger partial charge in [-0.3, -0.25) is 20.4 Å². The molecule has 1 atom stereocenters. The zero-order valence-corrected chi connectivity index (χ0v) is 16.6. The fraction of sp³-hybridized carbons (Fsp3) is 0.474. The van der Waals surface area contributed by atoms with Crippen LogP contribution < -0.4 is 20.3 Å². The molecule has 4 rings (SSSR count). The molecule has 1 aromatic heterocycles. The number of hydrogen-bond donors (Lipinski definition) is 2. The van der Waals surface area contributed by atoms with Crippen molar-refractivity contribution < 1.29 is 23.5 Å². The van der Waals surface area contributed by atoms with Crippen LogP contribution in [0.25, 0.3) is 0 Å². The number of aromatic nitrogens is 2. The number of carbonyl (C=O) groups excluding carboxylic acids is 2. The van der Waals surface area contributed by atoms with E-state index in [1.807, 2.05) is 6.07 Å². The van der Waals surface area contributed by atoms with Gasteiger partial charge in [-0.2, -0.15) is 0 Å². The highest BCUT2D eigenvalue weighted by Gasteiger charge is 2.27. The van der Waals surface area contributed by atoms with Gasteiger partial charge in [-0.05, 0) is 25.0 Å². The number of ether oxygens (including phenoxy) is 2. The topological polar surface area (TPSA) is 116 Å². The highest BCUT2D eigenvalue weighted by atomic mass is 32.2. The molecule has 1 aromatic carbocycles. The van der Waals surface area contributed by atoms with Crippen LogP contribution >= 0.6 is 11.8 Å². The van der Waals surface area contributed by atoms with Crippen LogP contribution in [0.2, 0.25) is 0 Å². The number of carbonyl (C=O) groups is 2. The molecule has 2 aromatic rings. The lowest BCUT2D eigenvalue weighted by Crippen LogP contribution is -2.51. The molecule has 0 bridgehead atoms. The molecule has 154 valence electrons. The average Bonchev–Trinajstić information content (AvgIpc) is 3.25. The Morgan fingerprint density at radius 3 is 2.69 bits per heavy atom. The zero-order chi connectivity index (χ0) is 20.1. The van der Waals surface area contributed by atoms with E-state index in [1.54, 1.807) is 18.2 Å². The second-order valence-electron chi connectivity index (χ2n) is 6.93. The number of nitrogens with zero attached hydrogens (tertiary/aromatic N) is 2. The Morgan fingerprint density at radius 2 is 1.86 bits per heavy atom. The van der Waals surface area contributed by atoms with Crippen molar-refractivity contribution in [1.82, 2.24) is 21.0 Å². The summed E-state index contributed by atoms with van der Waals surface area (Å²) < 4.78 is 16.7. The fourth-order valence-electron chi connectivity index (χ4n) is 3.32. The first-order valence-electron chi connectivity index (χ1n) is 9.62. The number of rotatable bonds is 5. The van der Waals surface area contributed by atoms with E-state index < -0.39 is 17.9 Å². The van der Waals surface area contributed by atoms with Crippen LogP contribution in [-0.4, -0.2) is 40.5 Å². The van der Waals surface area contributed by atoms with Crippen LogP contribution in [0.4, 0.5) is 0 Å². The number of fused-ring (bicyclic) bond motifs is 1. The van der Waals surface area contributed by atoms with Crippen LogP contribution in [0, 0.1) is 0 Å². The van der Waals surface area contributed by atoms with E-state index in [0.717, 1.165) is 24.6 Å². The van der Waals surface area contributed by atoms with Gasteiger partial charge in [0.1, 0.15) is 6.61 Å². The number of thioether (sulfide) groups is 1. The first-order chi connectivity index (χ1) is 14.2. The Bertz CT molecular complexity index is 868. The minimum Gasteiger partial charge on any atom is -0.485 e. The van der Waals surface area contributed by atoms with Gasteiger partial charge in [-0.25, -0.2) is 0 Å². The van der Waals surface area contributed by atoms with Gasteiger partial charge in [0.2, 0.25) is 17.9 Å². The van der Waals surface area contributed by atoms with E-state index in [1.165, 1.54) is 19.3 Å². The van der Waals surface area contributed by atoms with Crippen molar-refractivity contribution in [1.29, 1.82) is 0 Å². The van der Waals surface area contributed by atoms with Crippen molar-refractivity contribution >= 4 is 23.6 Å². The third kappa shape index (κ3) is 5.00. The summed E-state index contributed by atoms with van der Waals surface area (Å²) in [6.45, 7) is 0.0688. The van der Waals surface area contributed by atoms with Crippen molar-refractivity contribution in [3.8, 4) is 11.5 Å². The number of nitrogens with one attached hydrogen (secondary N) is 2. The predicted octanol–water partition coefficient (Wildman–Crippen LogP) is 2.20. The Balaban J connectivity index is 1.19. The Labute approximate surface area is 171 Å². The molecule has 1 fully saturated rings. The van der Waals surface area contributed by atoms with E-state index in [4.69, 9.17) is 13.9 Å². The maximum atomic E-state index is 12.2. The van der Waals surface area contributed by atoms with Gasteiger partial charge in [0.05, 0.1) is 5.75 Å². The molecule has 2 amide bonds. The zero-order valence-electron chi connectivity index (χ0n) is 15.8. The molecule has 1 saturated carbocycles. The molecule has 29 heavy (non-hydrogen) atoms. The third-order valence-corrected chi connectivity index (χ3v) is 5.65. The van der Waals surface area contributed by atoms with Crippen molar-refractivity contribution in [2.45, 2.75) is 49.3 Å². The number of benzene rings is 1. The van der Waals surface area contributed by atoms with Crippen LogP contribution in [-0.2, 0) is 9.59 Å². The molecular formula is C19H22N4O5S. The second kappa shape index (κ2) is 9.17. The number of hydrogen-bond acceptors (Lipinski definition) is 8. The molecular weight excluding hydrogens is 396 g/mol. The van der Waals surface area contributed by atoms with Gasteiger partial charge in [-0.15, -0.1) is 10.2 Å². The van der Waals surface area contributed by atoms with Crippen LogP contribution in [0.15, 0.2) is 33.9 Å². The third-order valence-electron chi connectivity index (χ3n) is 4.83. The molecule has 0 spiro atoms. The van der Waals surface area contributed by atoms with Gasteiger partial charge < -0.3 is 13.9 Å². The summed E-state index contributed by atoms with van der Waals surface area (Å²) in [6.07, 6.45) is 4.90. The van der Waals surface area contributed by atoms with Gasteiger partial charge in [0, 0.05) is 5.92 Å². The summed E-state index contributed by atoms with van der Waals surface area (Å²) in [6, 6.07) is 7.09. The van der Waals surface area contributed by atoms with Crippen molar-refractivity contribution in [2.24, 2.45) is 0 Å². The summed E-state index contributed by atoms with van der Waals surface area (Å²) in [4.78, 5) is 24.2.